The number of nitrogens with zero attached hydrogens (tertiary/aromatic N) is 2. The van der Waals surface area contributed by atoms with Crippen LogP contribution in [-0.2, 0) is 0 Å². The van der Waals surface area contributed by atoms with Gasteiger partial charge in [-0.3, -0.25) is 0 Å². The first-order valence-electron chi connectivity index (χ1n) is 4.84. The highest BCUT2D eigenvalue weighted by Crippen LogP contribution is 2.10. The maximum absolute atomic E-state index is 5.43. The van der Waals surface area contributed by atoms with Gasteiger partial charge in [-0.15, -0.1) is 6.42 Å². The van der Waals surface area contributed by atoms with Crippen LogP contribution in [0.25, 0.3) is 0 Å². The van der Waals surface area contributed by atoms with Gasteiger partial charge in [-0.2, -0.15) is 4.98 Å². The Morgan fingerprint density at radius 3 is 2.80 bits per heavy atom. The van der Waals surface area contributed by atoms with Crippen molar-refractivity contribution in [2.75, 3.05) is 5.32 Å². The maximum Gasteiger partial charge on any atom is 0.226 e. The third kappa shape index (κ3) is 3.86. The second-order valence-electron chi connectivity index (χ2n) is 3.42. The number of nitrogens with one attached hydrogen (secondary N) is 1. The van der Waals surface area contributed by atoms with E-state index in [-0.39, 0.29) is 12.1 Å². The number of hydrogen-bond donors (Lipinski definition) is 1. The second kappa shape index (κ2) is 5.20. The third-order valence-electron chi connectivity index (χ3n) is 1.58. The van der Waals surface area contributed by atoms with Crippen LogP contribution in [0.15, 0.2) is 12.3 Å². The number of aromatic nitrogens is 2. The van der Waals surface area contributed by atoms with Crippen LogP contribution in [-0.4, -0.2) is 22.1 Å². The van der Waals surface area contributed by atoms with Gasteiger partial charge < -0.3 is 10.1 Å². The number of terminal acetylenes is 1. The van der Waals surface area contributed by atoms with Gasteiger partial charge in [-0.05, 0) is 20.8 Å². The fourth-order valence-electron chi connectivity index (χ4n) is 0.954. The lowest BCUT2D eigenvalue weighted by atomic mass is 10.4. The average Bonchev–Trinajstić information content (AvgIpc) is 2.17. The van der Waals surface area contributed by atoms with Gasteiger partial charge in [0.1, 0.15) is 0 Å². The smallest absolute Gasteiger partial charge is 0.226 e. The van der Waals surface area contributed by atoms with E-state index in [1.807, 2.05) is 20.8 Å². The molecule has 1 unspecified atom stereocenters. The van der Waals surface area contributed by atoms with Gasteiger partial charge >= 0.3 is 0 Å². The predicted octanol–water partition coefficient (Wildman–Crippen LogP) is 1.70. The minimum Gasteiger partial charge on any atom is -0.475 e. The van der Waals surface area contributed by atoms with Crippen LogP contribution in [0, 0.1) is 12.3 Å². The molecule has 0 aliphatic rings. The molecule has 0 saturated heterocycles. The van der Waals surface area contributed by atoms with E-state index in [9.17, 15) is 0 Å². The molecule has 0 spiro atoms. The van der Waals surface area contributed by atoms with E-state index in [0.717, 1.165) is 0 Å². The van der Waals surface area contributed by atoms with Crippen molar-refractivity contribution in [2.45, 2.75) is 32.9 Å². The second-order valence-corrected chi connectivity index (χ2v) is 3.42. The zero-order valence-corrected chi connectivity index (χ0v) is 9.19. The first-order valence-corrected chi connectivity index (χ1v) is 4.84. The van der Waals surface area contributed by atoms with Crippen LogP contribution < -0.4 is 10.1 Å². The molecule has 0 aromatic carbocycles. The highest BCUT2D eigenvalue weighted by molar-refractivity contribution is 5.31. The molecule has 1 heterocycles. The van der Waals surface area contributed by atoms with Gasteiger partial charge in [0.25, 0.3) is 0 Å². The van der Waals surface area contributed by atoms with Crippen molar-refractivity contribution in [1.82, 2.24) is 9.97 Å². The molecule has 0 bridgehead atoms. The SMILES string of the molecule is C#CC(C)Nc1nccc(OC(C)C)n1. The van der Waals surface area contributed by atoms with Crippen molar-refractivity contribution in [3.63, 3.8) is 0 Å². The molecule has 15 heavy (non-hydrogen) atoms. The van der Waals surface area contributed by atoms with Crippen LogP contribution in [0.1, 0.15) is 20.8 Å². The molecule has 1 N–H and O–H groups in total. The summed E-state index contributed by atoms with van der Waals surface area (Å²) >= 11 is 0. The highest BCUT2D eigenvalue weighted by Gasteiger charge is 2.03. The van der Waals surface area contributed by atoms with Gasteiger partial charge in [-0.1, -0.05) is 5.92 Å². The van der Waals surface area contributed by atoms with Crippen LogP contribution in [0.2, 0.25) is 0 Å². The van der Waals surface area contributed by atoms with E-state index >= 15 is 0 Å². The van der Waals surface area contributed by atoms with Gasteiger partial charge in [0.05, 0.1) is 12.1 Å². The fraction of sp³-hybridized carbons (Fsp3) is 0.455. The summed E-state index contributed by atoms with van der Waals surface area (Å²) in [6, 6.07) is 1.62. The molecule has 0 aliphatic carbocycles. The van der Waals surface area contributed by atoms with Crippen LogP contribution in [0.4, 0.5) is 5.95 Å². The zero-order valence-electron chi connectivity index (χ0n) is 9.19. The van der Waals surface area contributed by atoms with Crippen LogP contribution in [0.3, 0.4) is 0 Å². The summed E-state index contributed by atoms with van der Waals surface area (Å²) in [7, 11) is 0. The Balaban J connectivity index is 2.70. The number of ether oxygens (including phenoxy) is 1. The van der Waals surface area contributed by atoms with Gasteiger partial charge in [0.2, 0.25) is 11.8 Å². The number of anilines is 1. The molecule has 1 aromatic heterocycles. The standard InChI is InChI=1S/C11H15N3O/c1-5-9(4)13-11-12-7-6-10(14-11)15-8(2)3/h1,6-9H,2-4H3,(H,12,13,14). The number of hydrogen-bond acceptors (Lipinski definition) is 4. The lowest BCUT2D eigenvalue weighted by molar-refractivity contribution is 0.232. The van der Waals surface area contributed by atoms with Crippen LogP contribution in [0.5, 0.6) is 5.88 Å². The molecule has 0 aliphatic heterocycles. The summed E-state index contributed by atoms with van der Waals surface area (Å²) in [4.78, 5) is 8.20. The van der Waals surface area contributed by atoms with E-state index in [2.05, 4.69) is 21.2 Å². The van der Waals surface area contributed by atoms with Crippen molar-refractivity contribution in [3.8, 4) is 18.2 Å². The monoisotopic (exact) mass is 205 g/mol. The summed E-state index contributed by atoms with van der Waals surface area (Å²) in [5.74, 6) is 3.57. The Bertz CT molecular complexity index is 357. The van der Waals surface area contributed by atoms with E-state index in [0.29, 0.717) is 11.8 Å². The first kappa shape index (κ1) is 11.3. The molecular formula is C11H15N3O. The zero-order chi connectivity index (χ0) is 11.3. The van der Waals surface area contributed by atoms with E-state index in [1.165, 1.54) is 0 Å². The molecular weight excluding hydrogens is 190 g/mol. The molecule has 0 saturated carbocycles. The topological polar surface area (TPSA) is 47.0 Å². The van der Waals surface area contributed by atoms with Crippen LogP contribution >= 0.6 is 0 Å². The lowest BCUT2D eigenvalue weighted by Gasteiger charge is -2.11. The normalized spacial score (nSPS) is 11.9. The quantitative estimate of drug-likeness (QED) is 0.760. The summed E-state index contributed by atoms with van der Waals surface area (Å²) in [5, 5.41) is 2.97. The Morgan fingerprint density at radius 2 is 2.20 bits per heavy atom. The van der Waals surface area contributed by atoms with Crippen molar-refractivity contribution in [3.05, 3.63) is 12.3 Å². The average molecular weight is 205 g/mol. The molecule has 4 heteroatoms. The predicted molar refractivity (Wildman–Crippen MR) is 59.7 cm³/mol. The van der Waals surface area contributed by atoms with Crippen molar-refractivity contribution < 1.29 is 4.74 Å². The Hall–Kier alpha value is -1.76. The Labute approximate surface area is 90.1 Å². The van der Waals surface area contributed by atoms with Crippen molar-refractivity contribution in [1.29, 1.82) is 0 Å². The summed E-state index contributed by atoms with van der Waals surface area (Å²) in [6.07, 6.45) is 6.97. The third-order valence-corrected chi connectivity index (χ3v) is 1.58. The van der Waals surface area contributed by atoms with Crippen molar-refractivity contribution >= 4 is 5.95 Å². The first-order chi connectivity index (χ1) is 7.11. The van der Waals surface area contributed by atoms with Gasteiger partial charge in [0, 0.05) is 12.3 Å². The summed E-state index contributed by atoms with van der Waals surface area (Å²) in [6.45, 7) is 5.75. The molecule has 4 nitrogen and oxygen atoms in total. The largest absolute Gasteiger partial charge is 0.475 e. The summed E-state index contributed by atoms with van der Waals surface area (Å²) in [5.41, 5.74) is 0. The fourth-order valence-corrected chi connectivity index (χ4v) is 0.954. The minimum atomic E-state index is -0.0979. The highest BCUT2D eigenvalue weighted by atomic mass is 16.5. The molecule has 0 radical (unpaired) electrons. The maximum atomic E-state index is 5.43. The molecule has 80 valence electrons. The molecule has 1 rings (SSSR count). The molecule has 1 aromatic rings. The van der Waals surface area contributed by atoms with E-state index in [4.69, 9.17) is 11.2 Å². The van der Waals surface area contributed by atoms with Gasteiger partial charge in [-0.25, -0.2) is 4.98 Å². The molecule has 0 fully saturated rings. The summed E-state index contributed by atoms with van der Waals surface area (Å²) < 4.78 is 5.43. The Kier molecular flexibility index (Phi) is 3.92. The molecule has 1 atom stereocenters. The Morgan fingerprint density at radius 1 is 1.47 bits per heavy atom. The van der Waals surface area contributed by atoms with Gasteiger partial charge in [0.15, 0.2) is 0 Å². The van der Waals surface area contributed by atoms with Crippen molar-refractivity contribution in [2.24, 2.45) is 0 Å². The lowest BCUT2D eigenvalue weighted by Crippen LogP contribution is -2.15. The minimum absolute atomic E-state index is 0.0952. The molecule has 0 amide bonds. The number of rotatable bonds is 4. The van der Waals surface area contributed by atoms with E-state index < -0.39 is 0 Å². The van der Waals surface area contributed by atoms with E-state index in [1.54, 1.807) is 12.3 Å².